The molecule has 1 aliphatic heterocycles. The molecule has 3 rings (SSSR count). The molecule has 128 valence electrons. The van der Waals surface area contributed by atoms with Gasteiger partial charge in [-0.1, -0.05) is 12.1 Å². The highest BCUT2D eigenvalue weighted by molar-refractivity contribution is 5.79. The minimum atomic E-state index is -0.244. The number of nitrogens with one attached hydrogen (secondary N) is 1. The number of fused-ring (bicyclic) bond motifs is 1. The van der Waals surface area contributed by atoms with Crippen LogP contribution in [-0.2, 0) is 20.8 Å². The van der Waals surface area contributed by atoms with Crippen molar-refractivity contribution >= 4 is 16.9 Å². The number of aryl methyl sites for hydroxylation is 1. The number of methoxy groups -OCH3 is 1. The van der Waals surface area contributed by atoms with Crippen LogP contribution in [0.1, 0.15) is 30.5 Å². The summed E-state index contributed by atoms with van der Waals surface area (Å²) in [6, 6.07) is 10.4. The molecule has 0 bridgehead atoms. The summed E-state index contributed by atoms with van der Waals surface area (Å²) in [4.78, 5) is 16.3. The summed E-state index contributed by atoms with van der Waals surface area (Å²) in [5.74, 6) is -0.178. The lowest BCUT2D eigenvalue weighted by Crippen LogP contribution is -2.50. The Bertz CT molecular complexity index is 724. The second kappa shape index (κ2) is 7.28. The van der Waals surface area contributed by atoms with E-state index in [1.54, 1.807) is 0 Å². The van der Waals surface area contributed by atoms with Gasteiger partial charge in [0.15, 0.2) is 0 Å². The Kier molecular flexibility index (Phi) is 5.11. The standard InChI is InChI=1S/C19H24N2O3/c1-14-3-5-16-11-15(4-6-17(16)21-14)13-20-19(12-18(22)23-2)7-9-24-10-8-19/h3-6,11,20H,7-10,12-13H2,1-2H3. The van der Waals surface area contributed by atoms with Crippen LogP contribution in [-0.4, -0.2) is 36.8 Å². The number of benzene rings is 1. The fourth-order valence-electron chi connectivity index (χ4n) is 3.20. The summed E-state index contributed by atoms with van der Waals surface area (Å²) in [6.07, 6.45) is 2.01. The Morgan fingerprint density at radius 3 is 2.83 bits per heavy atom. The van der Waals surface area contributed by atoms with Gasteiger partial charge in [0, 0.05) is 36.4 Å². The maximum absolute atomic E-state index is 11.8. The first-order chi connectivity index (χ1) is 11.6. The summed E-state index contributed by atoms with van der Waals surface area (Å²) in [5.41, 5.74) is 2.97. The summed E-state index contributed by atoms with van der Waals surface area (Å²) in [7, 11) is 1.44. The van der Waals surface area contributed by atoms with Crippen molar-refractivity contribution in [3.05, 3.63) is 41.6 Å². The lowest BCUT2D eigenvalue weighted by atomic mass is 9.86. The van der Waals surface area contributed by atoms with Crippen molar-refractivity contribution in [2.24, 2.45) is 0 Å². The lowest BCUT2D eigenvalue weighted by molar-refractivity contribution is -0.143. The van der Waals surface area contributed by atoms with Crippen LogP contribution >= 0.6 is 0 Å². The zero-order valence-corrected chi connectivity index (χ0v) is 14.3. The molecule has 0 unspecified atom stereocenters. The third kappa shape index (κ3) is 3.91. The molecule has 2 heterocycles. The van der Waals surface area contributed by atoms with Crippen LogP contribution in [0.3, 0.4) is 0 Å². The van der Waals surface area contributed by atoms with Gasteiger partial charge < -0.3 is 14.8 Å². The third-order valence-electron chi connectivity index (χ3n) is 4.72. The van der Waals surface area contributed by atoms with Crippen LogP contribution in [0, 0.1) is 6.92 Å². The van der Waals surface area contributed by atoms with Crippen LogP contribution in [0.25, 0.3) is 10.9 Å². The minimum absolute atomic E-state index is 0.178. The van der Waals surface area contributed by atoms with Gasteiger partial charge >= 0.3 is 5.97 Å². The van der Waals surface area contributed by atoms with Gasteiger partial charge in [-0.05, 0) is 43.5 Å². The second-order valence-electron chi connectivity index (χ2n) is 6.48. The molecule has 0 atom stereocenters. The zero-order valence-electron chi connectivity index (χ0n) is 14.3. The third-order valence-corrected chi connectivity index (χ3v) is 4.72. The molecule has 24 heavy (non-hydrogen) atoms. The van der Waals surface area contributed by atoms with Crippen LogP contribution in [0.4, 0.5) is 0 Å². The predicted molar refractivity (Wildman–Crippen MR) is 92.7 cm³/mol. The van der Waals surface area contributed by atoms with Gasteiger partial charge in [0.05, 0.1) is 19.0 Å². The smallest absolute Gasteiger partial charge is 0.307 e. The maximum atomic E-state index is 11.8. The van der Waals surface area contributed by atoms with Gasteiger partial charge in [-0.25, -0.2) is 0 Å². The number of carbonyl (C=O) groups is 1. The summed E-state index contributed by atoms with van der Waals surface area (Å²) >= 11 is 0. The molecule has 0 amide bonds. The SMILES string of the molecule is COC(=O)CC1(NCc2ccc3nc(C)ccc3c2)CCOCC1. The van der Waals surface area contributed by atoms with Crippen molar-refractivity contribution < 1.29 is 14.3 Å². The Morgan fingerprint density at radius 2 is 2.08 bits per heavy atom. The highest BCUT2D eigenvalue weighted by Gasteiger charge is 2.34. The first-order valence-corrected chi connectivity index (χ1v) is 8.36. The fraction of sp³-hybridized carbons (Fsp3) is 0.474. The number of carbonyl (C=O) groups excluding carboxylic acids is 1. The van der Waals surface area contributed by atoms with Crippen molar-refractivity contribution in [1.29, 1.82) is 0 Å². The number of hydrogen-bond acceptors (Lipinski definition) is 5. The van der Waals surface area contributed by atoms with E-state index in [1.807, 2.05) is 13.0 Å². The van der Waals surface area contributed by atoms with E-state index in [2.05, 4.69) is 34.6 Å². The van der Waals surface area contributed by atoms with E-state index in [4.69, 9.17) is 9.47 Å². The van der Waals surface area contributed by atoms with Crippen LogP contribution in [0.15, 0.2) is 30.3 Å². The van der Waals surface area contributed by atoms with Crippen molar-refractivity contribution in [1.82, 2.24) is 10.3 Å². The monoisotopic (exact) mass is 328 g/mol. The quantitative estimate of drug-likeness (QED) is 0.855. The van der Waals surface area contributed by atoms with Gasteiger partial charge in [0.2, 0.25) is 0 Å². The van der Waals surface area contributed by atoms with Gasteiger partial charge in [-0.15, -0.1) is 0 Å². The molecule has 5 heteroatoms. The summed E-state index contributed by atoms with van der Waals surface area (Å²) in [6.45, 7) is 4.05. The number of ether oxygens (including phenoxy) is 2. The van der Waals surface area contributed by atoms with E-state index in [0.29, 0.717) is 26.2 Å². The van der Waals surface area contributed by atoms with Crippen LogP contribution < -0.4 is 5.32 Å². The molecule has 0 spiro atoms. The Hall–Kier alpha value is -1.98. The molecule has 0 saturated carbocycles. The Balaban J connectivity index is 1.74. The zero-order chi connectivity index (χ0) is 17.0. The van der Waals surface area contributed by atoms with Crippen molar-refractivity contribution in [2.75, 3.05) is 20.3 Å². The number of rotatable bonds is 5. The summed E-state index contributed by atoms with van der Waals surface area (Å²) < 4.78 is 10.3. The van der Waals surface area contributed by atoms with Gasteiger partial charge in [0.25, 0.3) is 0 Å². The minimum Gasteiger partial charge on any atom is -0.469 e. The molecule has 1 aromatic carbocycles. The van der Waals surface area contributed by atoms with E-state index in [9.17, 15) is 4.79 Å². The Morgan fingerprint density at radius 1 is 1.29 bits per heavy atom. The molecule has 0 aliphatic carbocycles. The molecule has 1 saturated heterocycles. The van der Waals surface area contributed by atoms with Crippen LogP contribution in [0.2, 0.25) is 0 Å². The number of nitrogens with zero attached hydrogens (tertiary/aromatic N) is 1. The summed E-state index contributed by atoms with van der Waals surface area (Å²) in [5, 5.41) is 4.72. The van der Waals surface area contributed by atoms with Crippen molar-refractivity contribution in [2.45, 2.75) is 38.3 Å². The number of hydrogen-bond donors (Lipinski definition) is 1. The van der Waals surface area contributed by atoms with E-state index in [0.717, 1.165) is 29.4 Å². The molecule has 0 radical (unpaired) electrons. The maximum Gasteiger partial charge on any atom is 0.307 e. The van der Waals surface area contributed by atoms with Crippen LogP contribution in [0.5, 0.6) is 0 Å². The Labute approximate surface area is 142 Å². The first kappa shape index (κ1) is 16.9. The number of aromatic nitrogens is 1. The van der Waals surface area contributed by atoms with E-state index >= 15 is 0 Å². The largest absolute Gasteiger partial charge is 0.469 e. The first-order valence-electron chi connectivity index (χ1n) is 8.36. The number of esters is 1. The number of pyridine rings is 1. The average Bonchev–Trinajstić information content (AvgIpc) is 2.60. The normalized spacial score (nSPS) is 16.9. The van der Waals surface area contributed by atoms with Crippen molar-refractivity contribution in [3.63, 3.8) is 0 Å². The molecule has 1 N–H and O–H groups in total. The molecule has 1 fully saturated rings. The van der Waals surface area contributed by atoms with Gasteiger partial charge in [-0.3, -0.25) is 9.78 Å². The molecular formula is C19H24N2O3. The predicted octanol–water partition coefficient (Wildman–Crippen LogP) is 2.75. The highest BCUT2D eigenvalue weighted by Crippen LogP contribution is 2.26. The second-order valence-corrected chi connectivity index (χ2v) is 6.48. The average molecular weight is 328 g/mol. The van der Waals surface area contributed by atoms with Crippen molar-refractivity contribution in [3.8, 4) is 0 Å². The topological polar surface area (TPSA) is 60.5 Å². The highest BCUT2D eigenvalue weighted by atomic mass is 16.5. The molecule has 5 nitrogen and oxygen atoms in total. The van der Waals surface area contributed by atoms with Gasteiger partial charge in [-0.2, -0.15) is 0 Å². The van der Waals surface area contributed by atoms with E-state index < -0.39 is 0 Å². The fourth-order valence-corrected chi connectivity index (χ4v) is 3.20. The van der Waals surface area contributed by atoms with E-state index in [-0.39, 0.29) is 11.5 Å². The molecule has 2 aromatic rings. The van der Waals surface area contributed by atoms with E-state index in [1.165, 1.54) is 12.7 Å². The molecule has 1 aromatic heterocycles. The van der Waals surface area contributed by atoms with Gasteiger partial charge in [0.1, 0.15) is 0 Å². The molecular weight excluding hydrogens is 304 g/mol. The molecule has 1 aliphatic rings. The lowest BCUT2D eigenvalue weighted by Gasteiger charge is -2.37.